The molecular weight excluding hydrogens is 482 g/mol. The first-order chi connectivity index (χ1) is 17.0. The molecule has 0 saturated heterocycles. The number of anilines is 1. The summed E-state index contributed by atoms with van der Waals surface area (Å²) in [5.41, 5.74) is 2.82. The Hall–Kier alpha value is -3.76. The number of benzene rings is 1. The second kappa shape index (κ2) is 11.1. The molecule has 4 aromatic rings. The predicted molar refractivity (Wildman–Crippen MR) is 139 cm³/mol. The van der Waals surface area contributed by atoms with Crippen LogP contribution in [0.5, 0.6) is 0 Å². The Bertz CT molecular complexity index is 1350. The first-order valence-electron chi connectivity index (χ1n) is 10.7. The van der Waals surface area contributed by atoms with Crippen molar-refractivity contribution in [2.24, 2.45) is 0 Å². The molecular formula is C25H23N5O3S2. The highest BCUT2D eigenvalue weighted by atomic mass is 32.2. The second-order valence-corrected chi connectivity index (χ2v) is 9.55. The van der Waals surface area contributed by atoms with Gasteiger partial charge in [-0.1, -0.05) is 48.2 Å². The normalized spacial score (nSPS) is 10.7. The quantitative estimate of drug-likeness (QED) is 0.192. The molecule has 0 radical (unpaired) electrons. The minimum absolute atomic E-state index is 0.0839. The Morgan fingerprint density at radius 2 is 1.94 bits per heavy atom. The van der Waals surface area contributed by atoms with Crippen LogP contribution in [-0.2, 0) is 16.1 Å². The Morgan fingerprint density at radius 1 is 1.17 bits per heavy atom. The number of aryl methyl sites for hydroxylation is 1. The van der Waals surface area contributed by atoms with Crippen LogP contribution in [-0.4, -0.2) is 44.5 Å². The highest BCUT2D eigenvalue weighted by molar-refractivity contribution is 7.99. The number of carbonyl (C=O) groups excluding carboxylic acids is 2. The zero-order valence-corrected chi connectivity index (χ0v) is 20.9. The summed E-state index contributed by atoms with van der Waals surface area (Å²) >= 11 is 2.60. The maximum Gasteiger partial charge on any atom is 0.341 e. The van der Waals surface area contributed by atoms with E-state index in [4.69, 9.17) is 4.74 Å². The van der Waals surface area contributed by atoms with E-state index >= 15 is 0 Å². The molecule has 10 heteroatoms. The number of carbonyl (C=O) groups is 2. The van der Waals surface area contributed by atoms with E-state index in [-0.39, 0.29) is 11.7 Å². The van der Waals surface area contributed by atoms with Gasteiger partial charge in [0.05, 0.1) is 12.9 Å². The number of ether oxygens (including phenoxy) is 1. The van der Waals surface area contributed by atoms with E-state index in [1.165, 1.54) is 30.2 Å². The van der Waals surface area contributed by atoms with Crippen molar-refractivity contribution >= 4 is 40.0 Å². The number of allylic oxidation sites excluding steroid dienone is 1. The number of esters is 1. The lowest BCUT2D eigenvalue weighted by Crippen LogP contribution is -2.16. The standard InChI is InChI=1S/C25H23N5O3S2/c1-4-13-30-22(18-11-8-12-26-14-18)28-29-25(30)34-15-19(31)27-23-21(24(32)33-3)20(16(2)35-23)17-9-6-5-7-10-17/h4-12,14H,1,13,15H2,2-3H3,(H,27,31). The van der Waals surface area contributed by atoms with Gasteiger partial charge in [0.15, 0.2) is 11.0 Å². The molecule has 0 bridgehead atoms. The summed E-state index contributed by atoms with van der Waals surface area (Å²) in [5.74, 6) is -0.0315. The Morgan fingerprint density at radius 3 is 2.63 bits per heavy atom. The number of aromatic nitrogens is 4. The minimum Gasteiger partial charge on any atom is -0.465 e. The number of rotatable bonds is 9. The monoisotopic (exact) mass is 505 g/mol. The Labute approximate surface area is 211 Å². The average Bonchev–Trinajstić information content (AvgIpc) is 3.43. The predicted octanol–water partition coefficient (Wildman–Crippen LogP) is 5.08. The van der Waals surface area contributed by atoms with Crippen molar-refractivity contribution in [3.8, 4) is 22.5 Å². The molecule has 3 heterocycles. The maximum atomic E-state index is 12.9. The smallest absolute Gasteiger partial charge is 0.341 e. The highest BCUT2D eigenvalue weighted by Gasteiger charge is 2.25. The van der Waals surface area contributed by atoms with Crippen molar-refractivity contribution in [3.05, 3.63) is 78.0 Å². The lowest BCUT2D eigenvalue weighted by Gasteiger charge is -2.09. The summed E-state index contributed by atoms with van der Waals surface area (Å²) in [6, 6.07) is 13.3. The van der Waals surface area contributed by atoms with Crippen LogP contribution in [0.15, 0.2) is 72.7 Å². The van der Waals surface area contributed by atoms with E-state index in [0.29, 0.717) is 28.1 Å². The van der Waals surface area contributed by atoms with Gasteiger partial charge in [-0.15, -0.1) is 28.1 Å². The number of amides is 1. The van der Waals surface area contributed by atoms with Gasteiger partial charge in [-0.25, -0.2) is 4.79 Å². The largest absolute Gasteiger partial charge is 0.465 e. The molecule has 0 aliphatic heterocycles. The maximum absolute atomic E-state index is 12.9. The molecule has 178 valence electrons. The summed E-state index contributed by atoms with van der Waals surface area (Å²) in [7, 11) is 1.33. The van der Waals surface area contributed by atoms with E-state index < -0.39 is 5.97 Å². The molecule has 1 amide bonds. The number of methoxy groups -OCH3 is 1. The summed E-state index contributed by atoms with van der Waals surface area (Å²) < 4.78 is 6.91. The Kier molecular flexibility index (Phi) is 7.74. The number of thioether (sulfide) groups is 1. The third-order valence-corrected chi connectivity index (χ3v) is 7.06. The molecule has 0 aliphatic rings. The second-order valence-electron chi connectivity index (χ2n) is 7.38. The van der Waals surface area contributed by atoms with Gasteiger partial charge in [0.25, 0.3) is 0 Å². The van der Waals surface area contributed by atoms with Gasteiger partial charge in [0.2, 0.25) is 5.91 Å². The highest BCUT2D eigenvalue weighted by Crippen LogP contribution is 2.40. The molecule has 4 rings (SSSR count). The summed E-state index contributed by atoms with van der Waals surface area (Å²) in [6.07, 6.45) is 5.15. The molecule has 0 unspecified atom stereocenters. The van der Waals surface area contributed by atoms with Gasteiger partial charge >= 0.3 is 5.97 Å². The number of nitrogens with zero attached hydrogens (tertiary/aromatic N) is 4. The lowest BCUT2D eigenvalue weighted by atomic mass is 10.0. The SMILES string of the molecule is C=CCn1c(SCC(=O)Nc2sc(C)c(-c3ccccc3)c2C(=O)OC)nnc1-c1cccnc1. The van der Waals surface area contributed by atoms with Gasteiger partial charge in [-0.05, 0) is 24.6 Å². The van der Waals surface area contributed by atoms with Crippen molar-refractivity contribution in [2.75, 3.05) is 18.2 Å². The zero-order valence-electron chi connectivity index (χ0n) is 19.2. The fourth-order valence-corrected chi connectivity index (χ4v) is 5.40. The van der Waals surface area contributed by atoms with Crippen LogP contribution in [0.2, 0.25) is 0 Å². The first kappa shape index (κ1) is 24.4. The molecule has 0 spiro atoms. The van der Waals surface area contributed by atoms with Crippen molar-refractivity contribution in [3.63, 3.8) is 0 Å². The van der Waals surface area contributed by atoms with Gasteiger partial charge < -0.3 is 10.1 Å². The van der Waals surface area contributed by atoms with Crippen LogP contribution in [0.3, 0.4) is 0 Å². The zero-order chi connectivity index (χ0) is 24.8. The Balaban J connectivity index is 1.55. The van der Waals surface area contributed by atoms with Crippen molar-refractivity contribution in [1.29, 1.82) is 0 Å². The summed E-state index contributed by atoms with van der Waals surface area (Å²) in [4.78, 5) is 30.6. The van der Waals surface area contributed by atoms with E-state index in [9.17, 15) is 9.59 Å². The van der Waals surface area contributed by atoms with Gasteiger partial charge in [-0.2, -0.15) is 0 Å². The van der Waals surface area contributed by atoms with Crippen molar-refractivity contribution in [2.45, 2.75) is 18.6 Å². The number of hydrogen-bond donors (Lipinski definition) is 1. The fraction of sp³-hybridized carbons (Fsp3) is 0.160. The molecule has 8 nitrogen and oxygen atoms in total. The lowest BCUT2D eigenvalue weighted by molar-refractivity contribution is -0.113. The third-order valence-electron chi connectivity index (χ3n) is 5.07. The third kappa shape index (κ3) is 5.33. The summed E-state index contributed by atoms with van der Waals surface area (Å²) in [5, 5.41) is 12.5. The van der Waals surface area contributed by atoms with E-state index in [1.807, 2.05) is 54.0 Å². The first-order valence-corrected chi connectivity index (χ1v) is 12.5. The van der Waals surface area contributed by atoms with Crippen LogP contribution >= 0.6 is 23.1 Å². The molecule has 0 aliphatic carbocycles. The van der Waals surface area contributed by atoms with Crippen LogP contribution in [0.4, 0.5) is 5.00 Å². The van der Waals surface area contributed by atoms with E-state index in [2.05, 4.69) is 27.1 Å². The fourth-order valence-electron chi connectivity index (χ4n) is 3.57. The van der Waals surface area contributed by atoms with Gasteiger partial charge in [0, 0.05) is 34.9 Å². The molecule has 3 aromatic heterocycles. The number of nitrogens with one attached hydrogen (secondary N) is 1. The van der Waals surface area contributed by atoms with Crippen molar-refractivity contribution in [1.82, 2.24) is 19.7 Å². The van der Waals surface area contributed by atoms with Crippen LogP contribution in [0.1, 0.15) is 15.2 Å². The summed E-state index contributed by atoms with van der Waals surface area (Å²) in [6.45, 7) is 6.21. The number of pyridine rings is 1. The van der Waals surface area contributed by atoms with Crippen LogP contribution in [0, 0.1) is 6.92 Å². The minimum atomic E-state index is -0.497. The van der Waals surface area contributed by atoms with E-state index in [0.717, 1.165) is 21.6 Å². The number of hydrogen-bond acceptors (Lipinski definition) is 8. The molecule has 0 saturated carbocycles. The molecule has 1 N–H and O–H groups in total. The van der Waals surface area contributed by atoms with Crippen LogP contribution in [0.25, 0.3) is 22.5 Å². The van der Waals surface area contributed by atoms with Gasteiger partial charge in [-0.3, -0.25) is 14.3 Å². The van der Waals surface area contributed by atoms with Gasteiger partial charge in [0.1, 0.15) is 10.6 Å². The molecule has 0 atom stereocenters. The van der Waals surface area contributed by atoms with Crippen LogP contribution < -0.4 is 5.32 Å². The molecule has 35 heavy (non-hydrogen) atoms. The number of thiophene rings is 1. The average molecular weight is 506 g/mol. The van der Waals surface area contributed by atoms with E-state index in [1.54, 1.807) is 18.5 Å². The molecule has 0 fully saturated rings. The van der Waals surface area contributed by atoms with Crippen molar-refractivity contribution < 1.29 is 14.3 Å². The molecule has 1 aromatic carbocycles. The topological polar surface area (TPSA) is 99.0 Å².